The van der Waals surface area contributed by atoms with Gasteiger partial charge in [0.05, 0.1) is 17.9 Å². The molecule has 110 valence electrons. The summed E-state index contributed by atoms with van der Waals surface area (Å²) in [4.78, 5) is 33.7. The van der Waals surface area contributed by atoms with Gasteiger partial charge < -0.3 is 25.3 Å². The molecular formula is C12H16N2O6. The van der Waals surface area contributed by atoms with E-state index in [1.165, 1.54) is 25.5 Å². The highest BCUT2D eigenvalue weighted by atomic mass is 16.4. The lowest BCUT2D eigenvalue weighted by Crippen LogP contribution is -2.48. The monoisotopic (exact) mass is 284 g/mol. The molecule has 0 saturated carbocycles. The second-order valence-corrected chi connectivity index (χ2v) is 4.14. The Morgan fingerprint density at radius 2 is 2.10 bits per heavy atom. The number of aliphatic hydroxyl groups excluding tert-OH is 1. The normalized spacial score (nSPS) is 13.3. The summed E-state index contributed by atoms with van der Waals surface area (Å²) >= 11 is 0. The number of carbonyl (C=O) groups is 3. The van der Waals surface area contributed by atoms with Crippen LogP contribution in [-0.4, -0.2) is 46.7 Å². The third-order valence-electron chi connectivity index (χ3n) is 2.49. The number of nitrogens with one attached hydrogen (secondary N) is 2. The van der Waals surface area contributed by atoms with Gasteiger partial charge in [0, 0.05) is 13.0 Å². The highest BCUT2D eigenvalue weighted by molar-refractivity contribution is 5.94. The molecule has 4 N–H and O–H groups in total. The molecule has 0 spiro atoms. The molecule has 1 aromatic heterocycles. The minimum absolute atomic E-state index is 0.0436. The smallest absolute Gasteiger partial charge is 0.328 e. The van der Waals surface area contributed by atoms with E-state index >= 15 is 0 Å². The number of carbonyl (C=O) groups excluding carboxylic acids is 2. The van der Waals surface area contributed by atoms with Crippen molar-refractivity contribution >= 4 is 17.8 Å². The summed E-state index contributed by atoms with van der Waals surface area (Å²) in [7, 11) is 0. The minimum atomic E-state index is -1.37. The maximum Gasteiger partial charge on any atom is 0.328 e. The maximum atomic E-state index is 11.5. The quantitative estimate of drug-likeness (QED) is 0.526. The Balaban J connectivity index is 2.33. The van der Waals surface area contributed by atoms with Crippen LogP contribution in [0.4, 0.5) is 0 Å². The van der Waals surface area contributed by atoms with E-state index in [0.29, 0.717) is 5.56 Å². The van der Waals surface area contributed by atoms with Gasteiger partial charge in [0.15, 0.2) is 6.04 Å². The molecule has 2 atom stereocenters. The predicted octanol–water partition coefficient (Wildman–Crippen LogP) is -0.650. The molecule has 0 saturated heterocycles. The lowest BCUT2D eigenvalue weighted by atomic mass is 10.2. The van der Waals surface area contributed by atoms with Crippen LogP contribution >= 0.6 is 0 Å². The number of amides is 2. The molecule has 20 heavy (non-hydrogen) atoms. The van der Waals surface area contributed by atoms with E-state index in [-0.39, 0.29) is 13.0 Å². The van der Waals surface area contributed by atoms with Gasteiger partial charge in [0.1, 0.15) is 6.26 Å². The third kappa shape index (κ3) is 4.73. The fourth-order valence-corrected chi connectivity index (χ4v) is 1.42. The van der Waals surface area contributed by atoms with Gasteiger partial charge in [-0.1, -0.05) is 0 Å². The molecule has 0 aromatic carbocycles. The highest BCUT2D eigenvalue weighted by Gasteiger charge is 2.24. The molecule has 0 fully saturated rings. The van der Waals surface area contributed by atoms with E-state index in [2.05, 4.69) is 10.6 Å². The molecule has 0 aliphatic heterocycles. The van der Waals surface area contributed by atoms with Crippen molar-refractivity contribution in [1.29, 1.82) is 0 Å². The molecule has 1 heterocycles. The first-order chi connectivity index (χ1) is 9.41. The molecule has 8 nitrogen and oxygen atoms in total. The molecule has 0 aliphatic carbocycles. The molecule has 0 radical (unpaired) electrons. The standard InChI is InChI=1S/C12H16N2O6/c1-7(15)10(12(18)19)14-9(16)2-4-13-11(17)8-3-5-20-6-8/h3,5-7,10,15H,2,4H2,1H3,(H,13,17)(H,14,16)(H,18,19)/t7-,10+/m1/s1. The van der Waals surface area contributed by atoms with Gasteiger partial charge in [0.25, 0.3) is 5.91 Å². The van der Waals surface area contributed by atoms with Gasteiger partial charge in [-0.3, -0.25) is 9.59 Å². The number of furan rings is 1. The van der Waals surface area contributed by atoms with Crippen molar-refractivity contribution in [2.45, 2.75) is 25.5 Å². The van der Waals surface area contributed by atoms with Crippen molar-refractivity contribution in [3.63, 3.8) is 0 Å². The summed E-state index contributed by atoms with van der Waals surface area (Å²) in [5, 5.41) is 22.6. The zero-order chi connectivity index (χ0) is 15.1. The van der Waals surface area contributed by atoms with E-state index in [0.717, 1.165) is 0 Å². The number of hydrogen-bond acceptors (Lipinski definition) is 5. The summed E-state index contributed by atoms with van der Waals surface area (Å²) < 4.78 is 4.74. The molecule has 1 rings (SSSR count). The van der Waals surface area contributed by atoms with Crippen molar-refractivity contribution in [2.24, 2.45) is 0 Å². The largest absolute Gasteiger partial charge is 0.480 e. The molecule has 8 heteroatoms. The first-order valence-electron chi connectivity index (χ1n) is 5.92. The summed E-state index contributed by atoms with van der Waals surface area (Å²) in [6, 6.07) is 0.107. The van der Waals surface area contributed by atoms with E-state index in [1.807, 2.05) is 0 Å². The molecule has 0 aliphatic rings. The average Bonchev–Trinajstić information content (AvgIpc) is 2.88. The Labute approximate surface area is 114 Å². The summed E-state index contributed by atoms with van der Waals surface area (Å²) in [6.45, 7) is 1.31. The number of hydrogen-bond donors (Lipinski definition) is 4. The van der Waals surface area contributed by atoms with Crippen molar-refractivity contribution in [3.05, 3.63) is 24.2 Å². The topological polar surface area (TPSA) is 129 Å². The fraction of sp³-hybridized carbons (Fsp3) is 0.417. The third-order valence-corrected chi connectivity index (χ3v) is 2.49. The van der Waals surface area contributed by atoms with E-state index < -0.39 is 29.9 Å². The highest BCUT2D eigenvalue weighted by Crippen LogP contribution is 1.99. The zero-order valence-electron chi connectivity index (χ0n) is 10.8. The number of aliphatic hydroxyl groups is 1. The summed E-state index contributed by atoms with van der Waals surface area (Å²) in [5.41, 5.74) is 0.331. The van der Waals surface area contributed by atoms with E-state index in [1.54, 1.807) is 0 Å². The van der Waals surface area contributed by atoms with Gasteiger partial charge in [-0.15, -0.1) is 0 Å². The van der Waals surface area contributed by atoms with Crippen LogP contribution in [0.15, 0.2) is 23.0 Å². The lowest BCUT2D eigenvalue weighted by Gasteiger charge is -2.16. The van der Waals surface area contributed by atoms with Crippen molar-refractivity contribution in [1.82, 2.24) is 10.6 Å². The Morgan fingerprint density at radius 3 is 2.60 bits per heavy atom. The Bertz CT molecular complexity index is 468. The lowest BCUT2D eigenvalue weighted by molar-refractivity contribution is -0.144. The average molecular weight is 284 g/mol. The van der Waals surface area contributed by atoms with Crippen LogP contribution in [0.1, 0.15) is 23.7 Å². The second-order valence-electron chi connectivity index (χ2n) is 4.14. The van der Waals surface area contributed by atoms with Crippen molar-refractivity contribution in [2.75, 3.05) is 6.54 Å². The number of carboxylic acid groups (broad SMARTS) is 1. The van der Waals surface area contributed by atoms with E-state index in [9.17, 15) is 19.5 Å². The molecule has 1 aromatic rings. The van der Waals surface area contributed by atoms with E-state index in [4.69, 9.17) is 9.52 Å². The van der Waals surface area contributed by atoms with Crippen molar-refractivity contribution in [3.8, 4) is 0 Å². The Morgan fingerprint density at radius 1 is 1.40 bits per heavy atom. The SMILES string of the molecule is C[C@@H](O)[C@H](NC(=O)CCNC(=O)c1ccoc1)C(=O)O. The maximum absolute atomic E-state index is 11.5. The van der Waals surface area contributed by atoms with Crippen LogP contribution in [0, 0.1) is 0 Å². The van der Waals surface area contributed by atoms with Gasteiger partial charge in [-0.25, -0.2) is 4.79 Å². The Hall–Kier alpha value is -2.35. The first-order valence-corrected chi connectivity index (χ1v) is 5.92. The first kappa shape index (κ1) is 15.7. The molecular weight excluding hydrogens is 268 g/mol. The predicted molar refractivity (Wildman–Crippen MR) is 66.9 cm³/mol. The van der Waals surface area contributed by atoms with Gasteiger partial charge in [-0.2, -0.15) is 0 Å². The van der Waals surface area contributed by atoms with Crippen LogP contribution in [0.2, 0.25) is 0 Å². The number of aliphatic carboxylic acids is 1. The molecule has 0 bridgehead atoms. The van der Waals surface area contributed by atoms with Crippen LogP contribution < -0.4 is 10.6 Å². The summed E-state index contributed by atoms with van der Waals surface area (Å²) in [5.74, 6) is -2.29. The summed E-state index contributed by atoms with van der Waals surface area (Å²) in [6.07, 6.45) is 1.31. The Kier molecular flexibility index (Phi) is 5.73. The van der Waals surface area contributed by atoms with Gasteiger partial charge >= 0.3 is 5.97 Å². The van der Waals surface area contributed by atoms with Gasteiger partial charge in [0.2, 0.25) is 5.91 Å². The number of rotatable bonds is 7. The molecule has 0 unspecified atom stereocenters. The van der Waals surface area contributed by atoms with Crippen LogP contribution in [0.25, 0.3) is 0 Å². The minimum Gasteiger partial charge on any atom is -0.480 e. The second kappa shape index (κ2) is 7.29. The fourth-order valence-electron chi connectivity index (χ4n) is 1.42. The van der Waals surface area contributed by atoms with Crippen LogP contribution in [-0.2, 0) is 9.59 Å². The zero-order valence-corrected chi connectivity index (χ0v) is 10.8. The number of carboxylic acids is 1. The van der Waals surface area contributed by atoms with Gasteiger partial charge in [-0.05, 0) is 13.0 Å². The van der Waals surface area contributed by atoms with Crippen LogP contribution in [0.5, 0.6) is 0 Å². The van der Waals surface area contributed by atoms with Crippen molar-refractivity contribution < 1.29 is 29.0 Å². The molecule has 2 amide bonds. The van der Waals surface area contributed by atoms with Crippen LogP contribution in [0.3, 0.4) is 0 Å².